The zero-order valence-corrected chi connectivity index (χ0v) is 23.3. The largest absolute Gasteiger partial charge is 0.395 e. The van der Waals surface area contributed by atoms with Crippen molar-refractivity contribution >= 4 is 44.5 Å². The number of piperidine rings is 2. The molecular formula is C27H33F2N7O4S. The lowest BCUT2D eigenvalue weighted by Crippen LogP contribution is -2.40. The van der Waals surface area contributed by atoms with Crippen LogP contribution in [0.4, 0.5) is 31.8 Å². The third-order valence-corrected chi connectivity index (χ3v) is 9.67. The highest BCUT2D eigenvalue weighted by Crippen LogP contribution is 2.54. The number of fused-ring (bicyclic) bond motifs is 1. The molecule has 14 heteroatoms. The number of amides is 1. The minimum Gasteiger partial charge on any atom is -0.395 e. The summed E-state index contributed by atoms with van der Waals surface area (Å²) in [6.07, 6.45) is 7.05. The maximum atomic E-state index is 13.8. The van der Waals surface area contributed by atoms with Gasteiger partial charge in [0, 0.05) is 39.0 Å². The van der Waals surface area contributed by atoms with Crippen LogP contribution in [-0.2, 0) is 10.0 Å². The maximum absolute atomic E-state index is 13.8. The van der Waals surface area contributed by atoms with E-state index in [2.05, 4.69) is 25.0 Å². The molecule has 3 N–H and O–H groups in total. The molecule has 6 rings (SSSR count). The van der Waals surface area contributed by atoms with E-state index in [-0.39, 0.29) is 31.7 Å². The molecule has 1 aliphatic carbocycles. The van der Waals surface area contributed by atoms with Gasteiger partial charge in [-0.1, -0.05) is 0 Å². The van der Waals surface area contributed by atoms with Crippen molar-refractivity contribution in [3.63, 3.8) is 0 Å². The Morgan fingerprint density at radius 2 is 1.71 bits per heavy atom. The van der Waals surface area contributed by atoms with Crippen LogP contribution in [0.5, 0.6) is 0 Å². The van der Waals surface area contributed by atoms with Crippen molar-refractivity contribution in [3.8, 4) is 0 Å². The molecule has 4 heterocycles. The maximum Gasteiger partial charge on any atom is 0.258 e. The molecular weight excluding hydrogens is 556 g/mol. The van der Waals surface area contributed by atoms with Gasteiger partial charge < -0.3 is 20.2 Å². The Bertz CT molecular complexity index is 1550. The van der Waals surface area contributed by atoms with Gasteiger partial charge in [-0.2, -0.15) is 5.10 Å². The van der Waals surface area contributed by atoms with Crippen molar-refractivity contribution in [2.24, 2.45) is 5.41 Å². The van der Waals surface area contributed by atoms with Crippen molar-refractivity contribution in [2.45, 2.75) is 44.4 Å². The molecule has 3 aromatic rings. The number of alkyl halides is 2. The second-order valence-corrected chi connectivity index (χ2v) is 13.1. The lowest BCUT2D eigenvalue weighted by molar-refractivity contribution is -0.0221. The van der Waals surface area contributed by atoms with E-state index in [1.807, 2.05) is 0 Å². The van der Waals surface area contributed by atoms with E-state index < -0.39 is 34.2 Å². The summed E-state index contributed by atoms with van der Waals surface area (Å²) in [4.78, 5) is 22.2. The number of carbonyl (C=O) groups excluding carboxylic acids is 1. The van der Waals surface area contributed by atoms with Gasteiger partial charge in [0.05, 0.1) is 41.7 Å². The molecule has 220 valence electrons. The highest BCUT2D eigenvalue weighted by atomic mass is 32.2. The number of nitrogens with zero attached hydrogens (tertiary/aromatic N) is 5. The molecule has 3 aliphatic rings. The molecule has 1 amide bonds. The molecule has 41 heavy (non-hydrogen) atoms. The number of sulfonamides is 1. The summed E-state index contributed by atoms with van der Waals surface area (Å²) in [6.45, 7) is 1.24. The molecule has 0 bridgehead atoms. The number of hydrogen-bond donors (Lipinski definition) is 3. The van der Waals surface area contributed by atoms with Crippen molar-refractivity contribution in [2.75, 3.05) is 58.4 Å². The molecule has 1 saturated carbocycles. The quantitative estimate of drug-likeness (QED) is 0.365. The lowest BCUT2D eigenvalue weighted by atomic mass is 9.93. The van der Waals surface area contributed by atoms with Crippen molar-refractivity contribution < 1.29 is 27.1 Å². The predicted octanol–water partition coefficient (Wildman–Crippen LogP) is 3.33. The molecule has 0 atom stereocenters. The second-order valence-electron chi connectivity index (χ2n) is 11.3. The predicted molar refractivity (Wildman–Crippen MR) is 151 cm³/mol. The first kappa shape index (κ1) is 27.6. The third kappa shape index (κ3) is 5.94. The number of aliphatic hydroxyl groups excluding tert-OH is 1. The Morgan fingerprint density at radius 3 is 2.39 bits per heavy atom. The minimum atomic E-state index is -3.75. The molecule has 2 saturated heterocycles. The van der Waals surface area contributed by atoms with Crippen LogP contribution in [0, 0.1) is 5.41 Å². The normalized spacial score (nSPS) is 19.9. The Balaban J connectivity index is 1.29. The molecule has 2 aliphatic heterocycles. The zero-order chi connectivity index (χ0) is 28.8. The highest BCUT2D eigenvalue weighted by molar-refractivity contribution is 7.92. The number of aromatic nitrogens is 3. The number of nitrogens with one attached hydrogen (secondary N) is 2. The first-order valence-corrected chi connectivity index (χ1v) is 15.5. The van der Waals surface area contributed by atoms with Crippen molar-refractivity contribution in [3.05, 3.63) is 42.2 Å². The van der Waals surface area contributed by atoms with E-state index in [4.69, 9.17) is 5.11 Å². The Morgan fingerprint density at radius 1 is 1.00 bits per heavy atom. The summed E-state index contributed by atoms with van der Waals surface area (Å²) < 4.78 is 56.3. The molecule has 0 unspecified atom stereocenters. The van der Waals surface area contributed by atoms with Crippen molar-refractivity contribution in [1.82, 2.24) is 14.6 Å². The summed E-state index contributed by atoms with van der Waals surface area (Å²) >= 11 is 0. The van der Waals surface area contributed by atoms with Crippen LogP contribution in [0.3, 0.4) is 0 Å². The Kier molecular flexibility index (Phi) is 7.00. The fourth-order valence-corrected chi connectivity index (χ4v) is 6.56. The van der Waals surface area contributed by atoms with Gasteiger partial charge in [0.15, 0.2) is 11.6 Å². The SMILES string of the molecule is O=C(Nc1cn2nccc2c(N2CCC(F)(F)CC2)n1)c1ccc(NS(=O)(=O)CCO)cc1N1CCC2(CC1)CC2. The molecule has 0 radical (unpaired) electrons. The third-order valence-electron chi connectivity index (χ3n) is 8.40. The van der Waals surface area contributed by atoms with Crippen LogP contribution in [0.1, 0.15) is 48.9 Å². The van der Waals surface area contributed by atoms with Crippen LogP contribution in [0.15, 0.2) is 36.7 Å². The average molecular weight is 590 g/mol. The van der Waals surface area contributed by atoms with E-state index in [0.717, 1.165) is 25.9 Å². The molecule has 1 aromatic carbocycles. The van der Waals surface area contributed by atoms with E-state index in [0.29, 0.717) is 33.7 Å². The van der Waals surface area contributed by atoms with Crippen LogP contribution < -0.4 is 19.8 Å². The summed E-state index contributed by atoms with van der Waals surface area (Å²) in [7, 11) is -3.75. The number of benzene rings is 1. The fraction of sp³-hybridized carbons (Fsp3) is 0.519. The monoisotopic (exact) mass is 589 g/mol. The Hall–Kier alpha value is -3.52. The topological polar surface area (TPSA) is 132 Å². The van der Waals surface area contributed by atoms with Gasteiger partial charge in [0.2, 0.25) is 10.0 Å². The molecule has 11 nitrogen and oxygen atoms in total. The average Bonchev–Trinajstić information content (AvgIpc) is 3.50. The van der Waals surface area contributed by atoms with E-state index in [1.54, 1.807) is 40.0 Å². The lowest BCUT2D eigenvalue weighted by Gasteiger charge is -2.35. The number of carbonyl (C=O) groups is 1. The zero-order valence-electron chi connectivity index (χ0n) is 22.5. The standard InChI is InChI=1S/C27H33F2N7O4S/c28-27(29)8-13-35(14-9-27)24-21-3-10-30-36(21)18-23(31-24)32-25(38)20-2-1-19(33-41(39,40)16-15-37)17-22(20)34-11-6-26(4-5-26)7-12-34/h1-3,10,17-18,33,37H,4-9,11-16H2,(H,32,38). The Labute approximate surface area is 236 Å². The summed E-state index contributed by atoms with van der Waals surface area (Å²) in [5, 5.41) is 16.2. The summed E-state index contributed by atoms with van der Waals surface area (Å²) in [5.41, 5.74) is 2.30. The number of rotatable bonds is 8. The van der Waals surface area contributed by atoms with E-state index in [9.17, 15) is 22.0 Å². The summed E-state index contributed by atoms with van der Waals surface area (Å²) in [5.74, 6) is -2.90. The number of halogens is 2. The van der Waals surface area contributed by atoms with Gasteiger partial charge in [-0.3, -0.25) is 9.52 Å². The molecule has 3 fully saturated rings. The van der Waals surface area contributed by atoms with Gasteiger partial charge >= 0.3 is 0 Å². The smallest absolute Gasteiger partial charge is 0.258 e. The minimum absolute atomic E-state index is 0.131. The van der Waals surface area contributed by atoms with Crippen LogP contribution >= 0.6 is 0 Å². The van der Waals surface area contributed by atoms with Crippen LogP contribution in [0.25, 0.3) is 5.52 Å². The molecule has 1 spiro atoms. The van der Waals surface area contributed by atoms with Crippen LogP contribution in [0.2, 0.25) is 0 Å². The fourth-order valence-electron chi connectivity index (χ4n) is 5.73. The van der Waals surface area contributed by atoms with E-state index >= 15 is 0 Å². The number of anilines is 4. The number of aliphatic hydroxyl groups is 1. The van der Waals surface area contributed by atoms with Crippen molar-refractivity contribution in [1.29, 1.82) is 0 Å². The highest BCUT2D eigenvalue weighted by Gasteiger charge is 2.44. The van der Waals surface area contributed by atoms with E-state index in [1.165, 1.54) is 18.9 Å². The first-order chi connectivity index (χ1) is 19.6. The summed E-state index contributed by atoms with van der Waals surface area (Å²) in [6, 6.07) is 6.49. The van der Waals surface area contributed by atoms with Gasteiger partial charge in [0.25, 0.3) is 11.8 Å². The van der Waals surface area contributed by atoms with Gasteiger partial charge in [-0.15, -0.1) is 0 Å². The molecule has 2 aromatic heterocycles. The van der Waals surface area contributed by atoms with Gasteiger partial charge in [-0.25, -0.2) is 26.7 Å². The first-order valence-electron chi connectivity index (χ1n) is 13.8. The number of hydrogen-bond acceptors (Lipinski definition) is 8. The van der Waals surface area contributed by atoms with Crippen LogP contribution in [-0.4, -0.2) is 78.5 Å². The second kappa shape index (κ2) is 10.4. The van der Waals surface area contributed by atoms with Gasteiger partial charge in [0.1, 0.15) is 5.52 Å². The van der Waals surface area contributed by atoms with Gasteiger partial charge in [-0.05, 0) is 55.4 Å².